The summed E-state index contributed by atoms with van der Waals surface area (Å²) in [5.41, 5.74) is 3.94. The minimum absolute atomic E-state index is 0.165. The Bertz CT molecular complexity index is 540. The summed E-state index contributed by atoms with van der Waals surface area (Å²) in [5, 5.41) is 11.8. The van der Waals surface area contributed by atoms with Gasteiger partial charge in [-0.2, -0.15) is 0 Å². The number of rotatable bonds is 5. The molecule has 1 aromatic carbocycles. The lowest BCUT2D eigenvalue weighted by Crippen LogP contribution is -2.59. The van der Waals surface area contributed by atoms with Gasteiger partial charge in [0.05, 0.1) is 6.54 Å². The highest BCUT2D eigenvalue weighted by Gasteiger charge is 2.44. The van der Waals surface area contributed by atoms with Crippen molar-refractivity contribution >= 4 is 17.8 Å². The van der Waals surface area contributed by atoms with Gasteiger partial charge in [0.2, 0.25) is 0 Å². The van der Waals surface area contributed by atoms with E-state index in [4.69, 9.17) is 5.11 Å². The van der Waals surface area contributed by atoms with E-state index in [2.05, 4.69) is 16.2 Å². The van der Waals surface area contributed by atoms with Gasteiger partial charge in [0.15, 0.2) is 0 Å². The molecule has 0 spiro atoms. The van der Waals surface area contributed by atoms with Gasteiger partial charge in [-0.3, -0.25) is 30.6 Å². The van der Waals surface area contributed by atoms with Crippen LogP contribution in [0.15, 0.2) is 30.3 Å². The van der Waals surface area contributed by atoms with Crippen molar-refractivity contribution in [1.29, 1.82) is 0 Å². The molecule has 21 heavy (non-hydrogen) atoms. The fraction of sp³-hybridized carbons (Fsp3) is 0.357. The zero-order chi connectivity index (χ0) is 15.3. The molecular formula is C14H17N3O4. The average molecular weight is 291 g/mol. The van der Waals surface area contributed by atoms with Gasteiger partial charge in [0, 0.05) is 5.56 Å². The summed E-state index contributed by atoms with van der Waals surface area (Å²) in [5.74, 6) is -1.87. The Morgan fingerprint density at radius 1 is 1.10 bits per heavy atom. The fourth-order valence-electron chi connectivity index (χ4n) is 2.08. The number of hydrogen-bond acceptors (Lipinski definition) is 4. The maximum Gasteiger partial charge on any atom is 0.323 e. The number of carbonyl (C=O) groups is 3. The smallest absolute Gasteiger partial charge is 0.323 e. The standard InChI is InChI=1S/C14H17N3O4/c18-11(9-15-14(13(20)21)7-4-8-14)16-17-12(19)10-5-2-1-3-6-10/h1-3,5-6,15H,4,7-9H2,(H,16,18)(H,17,19)(H,20,21). The van der Waals surface area contributed by atoms with Crippen molar-refractivity contribution in [3.8, 4) is 0 Å². The zero-order valence-electron chi connectivity index (χ0n) is 11.4. The number of hydrogen-bond donors (Lipinski definition) is 4. The van der Waals surface area contributed by atoms with Crippen LogP contribution in [0.5, 0.6) is 0 Å². The number of amides is 2. The molecule has 4 N–H and O–H groups in total. The normalized spacial score (nSPS) is 15.6. The lowest BCUT2D eigenvalue weighted by molar-refractivity contribution is -0.149. The second-order valence-corrected chi connectivity index (χ2v) is 4.96. The molecule has 0 atom stereocenters. The van der Waals surface area contributed by atoms with E-state index in [1.165, 1.54) is 0 Å². The number of aliphatic carboxylic acids is 1. The molecule has 7 nitrogen and oxygen atoms in total. The van der Waals surface area contributed by atoms with Gasteiger partial charge in [-0.05, 0) is 31.4 Å². The van der Waals surface area contributed by atoms with Crippen LogP contribution in [0.2, 0.25) is 0 Å². The Hall–Kier alpha value is -2.41. The van der Waals surface area contributed by atoms with Crippen LogP contribution in [0.25, 0.3) is 0 Å². The molecule has 1 aliphatic carbocycles. The monoisotopic (exact) mass is 291 g/mol. The molecule has 0 heterocycles. The van der Waals surface area contributed by atoms with E-state index in [0.717, 1.165) is 6.42 Å². The molecule has 7 heteroatoms. The van der Waals surface area contributed by atoms with E-state index in [0.29, 0.717) is 18.4 Å². The predicted molar refractivity (Wildman–Crippen MR) is 74.3 cm³/mol. The molecule has 0 aliphatic heterocycles. The van der Waals surface area contributed by atoms with E-state index in [9.17, 15) is 14.4 Å². The Labute approximate surface area is 121 Å². The van der Waals surface area contributed by atoms with Gasteiger partial charge in [0.1, 0.15) is 5.54 Å². The Kier molecular flexibility index (Phi) is 4.54. The molecule has 2 rings (SSSR count). The van der Waals surface area contributed by atoms with E-state index in [1.54, 1.807) is 30.3 Å². The topological polar surface area (TPSA) is 108 Å². The Morgan fingerprint density at radius 2 is 1.76 bits per heavy atom. The molecule has 1 saturated carbocycles. The van der Waals surface area contributed by atoms with E-state index < -0.39 is 23.3 Å². The summed E-state index contributed by atoms with van der Waals surface area (Å²) in [7, 11) is 0. The Morgan fingerprint density at radius 3 is 2.29 bits per heavy atom. The van der Waals surface area contributed by atoms with Crippen molar-refractivity contribution in [3.63, 3.8) is 0 Å². The highest BCUT2D eigenvalue weighted by atomic mass is 16.4. The number of benzene rings is 1. The van der Waals surface area contributed by atoms with Crippen LogP contribution in [0.4, 0.5) is 0 Å². The van der Waals surface area contributed by atoms with Crippen molar-refractivity contribution in [2.45, 2.75) is 24.8 Å². The Balaban J connectivity index is 1.75. The van der Waals surface area contributed by atoms with Crippen LogP contribution in [0.1, 0.15) is 29.6 Å². The third-order valence-electron chi connectivity index (χ3n) is 3.56. The van der Waals surface area contributed by atoms with Crippen LogP contribution in [-0.4, -0.2) is 35.0 Å². The molecule has 0 aromatic heterocycles. The first-order valence-corrected chi connectivity index (χ1v) is 6.66. The molecule has 0 radical (unpaired) electrons. The summed E-state index contributed by atoms with van der Waals surface area (Å²) in [6.45, 7) is -0.165. The highest BCUT2D eigenvalue weighted by molar-refractivity contribution is 5.95. The summed E-state index contributed by atoms with van der Waals surface area (Å²) in [6, 6.07) is 8.45. The number of carboxylic acids is 1. The first-order valence-electron chi connectivity index (χ1n) is 6.66. The summed E-state index contributed by atoms with van der Waals surface area (Å²) in [6.07, 6.45) is 1.84. The van der Waals surface area contributed by atoms with Crippen LogP contribution >= 0.6 is 0 Å². The highest BCUT2D eigenvalue weighted by Crippen LogP contribution is 2.31. The van der Waals surface area contributed by atoms with E-state index >= 15 is 0 Å². The molecule has 0 bridgehead atoms. The van der Waals surface area contributed by atoms with Crippen LogP contribution in [0, 0.1) is 0 Å². The van der Waals surface area contributed by atoms with Crippen molar-refractivity contribution in [1.82, 2.24) is 16.2 Å². The van der Waals surface area contributed by atoms with Crippen molar-refractivity contribution in [2.24, 2.45) is 0 Å². The number of nitrogens with one attached hydrogen (secondary N) is 3. The van der Waals surface area contributed by atoms with Crippen LogP contribution < -0.4 is 16.2 Å². The fourth-order valence-corrected chi connectivity index (χ4v) is 2.08. The minimum Gasteiger partial charge on any atom is -0.480 e. The zero-order valence-corrected chi connectivity index (χ0v) is 11.4. The van der Waals surface area contributed by atoms with Gasteiger partial charge < -0.3 is 5.11 Å². The molecule has 1 aliphatic rings. The molecule has 0 saturated heterocycles. The molecule has 1 aromatic rings. The van der Waals surface area contributed by atoms with E-state index in [1.807, 2.05) is 0 Å². The number of carbonyl (C=O) groups excluding carboxylic acids is 2. The van der Waals surface area contributed by atoms with Gasteiger partial charge >= 0.3 is 5.97 Å². The first kappa shape index (κ1) is 15.0. The maximum absolute atomic E-state index is 11.7. The minimum atomic E-state index is -0.999. The second-order valence-electron chi connectivity index (χ2n) is 4.96. The molecule has 112 valence electrons. The van der Waals surface area contributed by atoms with Gasteiger partial charge in [-0.1, -0.05) is 18.2 Å². The number of hydrazine groups is 1. The lowest BCUT2D eigenvalue weighted by Gasteiger charge is -2.38. The quantitative estimate of drug-likeness (QED) is 0.573. The maximum atomic E-state index is 11.7. The first-order chi connectivity index (χ1) is 10.0. The summed E-state index contributed by atoms with van der Waals surface area (Å²) in [4.78, 5) is 34.4. The summed E-state index contributed by atoms with van der Waals surface area (Å²) >= 11 is 0. The lowest BCUT2D eigenvalue weighted by atomic mass is 9.77. The van der Waals surface area contributed by atoms with Crippen molar-refractivity contribution in [3.05, 3.63) is 35.9 Å². The van der Waals surface area contributed by atoms with Gasteiger partial charge in [0.25, 0.3) is 11.8 Å². The molecular weight excluding hydrogens is 274 g/mol. The van der Waals surface area contributed by atoms with E-state index in [-0.39, 0.29) is 6.54 Å². The third-order valence-corrected chi connectivity index (χ3v) is 3.56. The van der Waals surface area contributed by atoms with Crippen LogP contribution in [-0.2, 0) is 9.59 Å². The van der Waals surface area contributed by atoms with Gasteiger partial charge in [-0.25, -0.2) is 0 Å². The van der Waals surface area contributed by atoms with Crippen molar-refractivity contribution in [2.75, 3.05) is 6.54 Å². The number of carboxylic acid groups (broad SMARTS) is 1. The molecule has 2 amide bonds. The SMILES string of the molecule is O=C(CNC1(C(=O)O)CCC1)NNC(=O)c1ccccc1. The predicted octanol–water partition coefficient (Wildman–Crippen LogP) is 0.0445. The molecule has 1 fully saturated rings. The largest absolute Gasteiger partial charge is 0.480 e. The second kappa shape index (κ2) is 6.36. The molecule has 0 unspecified atom stereocenters. The average Bonchev–Trinajstić information content (AvgIpc) is 2.44. The third kappa shape index (κ3) is 3.57. The van der Waals surface area contributed by atoms with Gasteiger partial charge in [-0.15, -0.1) is 0 Å². The van der Waals surface area contributed by atoms with Crippen LogP contribution in [0.3, 0.4) is 0 Å². The van der Waals surface area contributed by atoms with Crippen molar-refractivity contribution < 1.29 is 19.5 Å². The summed E-state index contributed by atoms with van der Waals surface area (Å²) < 4.78 is 0.